The van der Waals surface area contributed by atoms with Crippen molar-refractivity contribution in [2.75, 3.05) is 39.8 Å². The van der Waals surface area contributed by atoms with Gasteiger partial charge in [-0.2, -0.15) is 5.10 Å². The van der Waals surface area contributed by atoms with E-state index in [0.717, 1.165) is 31.1 Å². The molecule has 0 aliphatic carbocycles. The molecule has 0 atom stereocenters. The van der Waals surface area contributed by atoms with Crippen LogP contribution in [0.25, 0.3) is 11.8 Å². The fraction of sp³-hybridized carbons (Fsp3) is 0.250. The fourth-order valence-electron chi connectivity index (χ4n) is 3.51. The van der Waals surface area contributed by atoms with Gasteiger partial charge in [-0.05, 0) is 35.9 Å². The van der Waals surface area contributed by atoms with E-state index in [4.69, 9.17) is 4.74 Å². The molecule has 0 bridgehead atoms. The maximum absolute atomic E-state index is 12.8. The van der Waals surface area contributed by atoms with E-state index >= 15 is 0 Å². The van der Waals surface area contributed by atoms with Gasteiger partial charge in [0, 0.05) is 38.9 Å². The van der Waals surface area contributed by atoms with Crippen LogP contribution in [-0.2, 0) is 0 Å². The van der Waals surface area contributed by atoms with E-state index < -0.39 is 0 Å². The van der Waals surface area contributed by atoms with Gasteiger partial charge < -0.3 is 9.64 Å². The smallest absolute Gasteiger partial charge is 0.274 e. The minimum Gasteiger partial charge on any atom is -0.497 e. The van der Waals surface area contributed by atoms with Crippen LogP contribution >= 0.6 is 0 Å². The van der Waals surface area contributed by atoms with E-state index in [-0.39, 0.29) is 5.91 Å². The summed E-state index contributed by atoms with van der Waals surface area (Å²) in [6.07, 6.45) is 6.15. The van der Waals surface area contributed by atoms with Crippen LogP contribution in [0.3, 0.4) is 0 Å². The number of carbonyl (C=O) groups is 1. The lowest BCUT2D eigenvalue weighted by Gasteiger charge is -2.33. The number of aromatic nitrogens is 2. The van der Waals surface area contributed by atoms with Crippen LogP contribution in [-0.4, -0.2) is 65.3 Å². The number of nitrogens with zero attached hydrogens (tertiary/aromatic N) is 4. The summed E-state index contributed by atoms with van der Waals surface area (Å²) >= 11 is 0. The van der Waals surface area contributed by atoms with Gasteiger partial charge in [-0.25, -0.2) is 4.68 Å². The average molecular weight is 402 g/mol. The van der Waals surface area contributed by atoms with Gasteiger partial charge in [0.2, 0.25) is 0 Å². The van der Waals surface area contributed by atoms with Crippen LogP contribution < -0.4 is 4.74 Å². The second kappa shape index (κ2) is 9.41. The molecule has 1 aliphatic heterocycles. The Hall–Kier alpha value is -3.38. The van der Waals surface area contributed by atoms with Gasteiger partial charge >= 0.3 is 0 Å². The quantitative estimate of drug-likeness (QED) is 0.635. The minimum absolute atomic E-state index is 0.0123. The Bertz CT molecular complexity index is 988. The van der Waals surface area contributed by atoms with E-state index in [1.54, 1.807) is 17.9 Å². The first kappa shape index (κ1) is 19.9. The molecule has 154 valence electrons. The predicted octanol–water partition coefficient (Wildman–Crippen LogP) is 3.35. The largest absolute Gasteiger partial charge is 0.497 e. The third-order valence-electron chi connectivity index (χ3n) is 5.28. The normalized spacial score (nSPS) is 14.9. The summed E-state index contributed by atoms with van der Waals surface area (Å²) in [6.45, 7) is 4.05. The fourth-order valence-corrected chi connectivity index (χ4v) is 3.51. The molecule has 1 aliphatic rings. The van der Waals surface area contributed by atoms with Crippen molar-refractivity contribution in [3.05, 3.63) is 84.2 Å². The first-order valence-corrected chi connectivity index (χ1v) is 10.2. The van der Waals surface area contributed by atoms with Gasteiger partial charge in [-0.15, -0.1) is 0 Å². The summed E-state index contributed by atoms with van der Waals surface area (Å²) in [7, 11) is 1.64. The summed E-state index contributed by atoms with van der Waals surface area (Å²) in [5, 5.41) is 4.47. The van der Waals surface area contributed by atoms with Crippen molar-refractivity contribution in [3.8, 4) is 11.4 Å². The Labute approximate surface area is 177 Å². The van der Waals surface area contributed by atoms with Gasteiger partial charge in [-0.3, -0.25) is 9.69 Å². The van der Waals surface area contributed by atoms with Crippen molar-refractivity contribution < 1.29 is 9.53 Å². The summed E-state index contributed by atoms with van der Waals surface area (Å²) in [6, 6.07) is 19.7. The van der Waals surface area contributed by atoms with Crippen LogP contribution in [0.4, 0.5) is 0 Å². The highest BCUT2D eigenvalue weighted by molar-refractivity contribution is 5.92. The molecule has 1 saturated heterocycles. The van der Waals surface area contributed by atoms with Gasteiger partial charge in [0.25, 0.3) is 5.91 Å². The first-order chi connectivity index (χ1) is 14.7. The average Bonchev–Trinajstić information content (AvgIpc) is 3.30. The third kappa shape index (κ3) is 4.78. The van der Waals surface area contributed by atoms with E-state index in [1.165, 1.54) is 5.56 Å². The van der Waals surface area contributed by atoms with Gasteiger partial charge in [0.1, 0.15) is 5.75 Å². The molecule has 6 nitrogen and oxygen atoms in total. The maximum Gasteiger partial charge on any atom is 0.274 e. The molecule has 0 radical (unpaired) electrons. The van der Waals surface area contributed by atoms with Crippen LogP contribution in [0.2, 0.25) is 0 Å². The number of amides is 1. The topological polar surface area (TPSA) is 50.6 Å². The van der Waals surface area contributed by atoms with Crippen molar-refractivity contribution in [3.63, 3.8) is 0 Å². The van der Waals surface area contributed by atoms with E-state index in [2.05, 4.69) is 34.3 Å². The van der Waals surface area contributed by atoms with E-state index in [0.29, 0.717) is 18.8 Å². The van der Waals surface area contributed by atoms with Crippen molar-refractivity contribution >= 4 is 12.0 Å². The highest BCUT2D eigenvalue weighted by atomic mass is 16.5. The van der Waals surface area contributed by atoms with Crippen molar-refractivity contribution in [2.45, 2.75) is 0 Å². The van der Waals surface area contributed by atoms with Crippen molar-refractivity contribution in [1.29, 1.82) is 0 Å². The zero-order valence-electron chi connectivity index (χ0n) is 17.1. The Morgan fingerprint density at radius 2 is 1.73 bits per heavy atom. The maximum atomic E-state index is 12.8. The standard InChI is InChI=1S/C24H26N4O2/c1-30-22-11-9-21(10-12-22)28-15-13-23(25-28)24(29)27-18-16-26(17-19-27)14-5-8-20-6-3-2-4-7-20/h2-13,15H,14,16-19H2,1H3. The molecular formula is C24H26N4O2. The van der Waals surface area contributed by atoms with Crippen molar-refractivity contribution in [2.24, 2.45) is 0 Å². The zero-order chi connectivity index (χ0) is 20.8. The summed E-state index contributed by atoms with van der Waals surface area (Å²) in [4.78, 5) is 17.1. The van der Waals surface area contributed by atoms with E-state index in [9.17, 15) is 4.79 Å². The van der Waals surface area contributed by atoms with E-state index in [1.807, 2.05) is 53.6 Å². The molecule has 0 saturated carbocycles. The van der Waals surface area contributed by atoms with Crippen LogP contribution in [0.1, 0.15) is 16.1 Å². The number of piperazine rings is 1. The molecule has 3 aromatic rings. The van der Waals surface area contributed by atoms with Crippen LogP contribution in [0.5, 0.6) is 5.75 Å². The lowest BCUT2D eigenvalue weighted by atomic mass is 10.2. The number of hydrogen-bond donors (Lipinski definition) is 0. The highest BCUT2D eigenvalue weighted by Gasteiger charge is 2.23. The molecule has 0 N–H and O–H groups in total. The zero-order valence-corrected chi connectivity index (χ0v) is 17.1. The number of rotatable bonds is 6. The molecule has 1 fully saturated rings. The monoisotopic (exact) mass is 402 g/mol. The minimum atomic E-state index is -0.0123. The molecule has 0 spiro atoms. The molecule has 1 aromatic heterocycles. The van der Waals surface area contributed by atoms with Crippen LogP contribution in [0.15, 0.2) is 72.9 Å². The Morgan fingerprint density at radius 3 is 2.43 bits per heavy atom. The van der Waals surface area contributed by atoms with Crippen molar-refractivity contribution in [1.82, 2.24) is 19.6 Å². The van der Waals surface area contributed by atoms with Crippen LogP contribution in [0, 0.1) is 0 Å². The number of hydrogen-bond acceptors (Lipinski definition) is 4. The Balaban J connectivity index is 1.30. The van der Waals surface area contributed by atoms with Gasteiger partial charge in [0.05, 0.1) is 12.8 Å². The molecule has 4 rings (SSSR count). The second-order valence-corrected chi connectivity index (χ2v) is 7.25. The molecule has 30 heavy (non-hydrogen) atoms. The lowest BCUT2D eigenvalue weighted by Crippen LogP contribution is -2.48. The molecule has 6 heteroatoms. The number of ether oxygens (including phenoxy) is 1. The first-order valence-electron chi connectivity index (χ1n) is 10.2. The molecule has 2 aromatic carbocycles. The SMILES string of the molecule is COc1ccc(-n2ccc(C(=O)N3CCN(CC=Cc4ccccc4)CC3)n2)cc1. The summed E-state index contributed by atoms with van der Waals surface area (Å²) in [5.74, 6) is 0.778. The summed E-state index contributed by atoms with van der Waals surface area (Å²) < 4.78 is 6.90. The lowest BCUT2D eigenvalue weighted by molar-refractivity contribution is 0.0644. The second-order valence-electron chi connectivity index (χ2n) is 7.25. The van der Waals surface area contributed by atoms with Gasteiger partial charge in [0.15, 0.2) is 5.69 Å². The van der Waals surface area contributed by atoms with Gasteiger partial charge in [-0.1, -0.05) is 42.5 Å². The Morgan fingerprint density at radius 1 is 1.00 bits per heavy atom. The number of carbonyl (C=O) groups excluding carboxylic acids is 1. The Kier molecular flexibility index (Phi) is 6.25. The predicted molar refractivity (Wildman–Crippen MR) is 118 cm³/mol. The molecule has 0 unspecified atom stereocenters. The molecule has 2 heterocycles. The highest BCUT2D eigenvalue weighted by Crippen LogP contribution is 2.15. The molecular weight excluding hydrogens is 376 g/mol. The third-order valence-corrected chi connectivity index (χ3v) is 5.28. The summed E-state index contributed by atoms with van der Waals surface area (Å²) in [5.41, 5.74) is 2.58. The number of methoxy groups -OCH3 is 1. The molecule has 1 amide bonds. The number of benzene rings is 2.